The molecule has 0 radical (unpaired) electrons. The third-order valence-corrected chi connectivity index (χ3v) is 4.02. The monoisotopic (exact) mass is 307 g/mol. The van der Waals surface area contributed by atoms with E-state index in [9.17, 15) is 9.59 Å². The second-order valence-corrected chi connectivity index (χ2v) is 6.26. The molecule has 2 aromatic heterocycles. The first-order valence-corrected chi connectivity index (χ1v) is 7.75. The highest BCUT2D eigenvalue weighted by Crippen LogP contribution is 2.20. The minimum atomic E-state index is -0.426. The predicted molar refractivity (Wildman–Crippen MR) is 84.3 cm³/mol. The van der Waals surface area contributed by atoms with Crippen LogP contribution in [0.5, 0.6) is 0 Å². The van der Waals surface area contributed by atoms with Crippen molar-refractivity contribution in [2.24, 2.45) is 13.0 Å². The van der Waals surface area contributed by atoms with Gasteiger partial charge in [-0.25, -0.2) is 4.79 Å². The quantitative estimate of drug-likeness (QED) is 0.719. The molecule has 0 amide bonds. The zero-order chi connectivity index (χ0) is 15.9. The maximum Gasteiger partial charge on any atom is 0.329 e. The van der Waals surface area contributed by atoms with E-state index in [0.29, 0.717) is 23.6 Å². The number of imidazole rings is 1. The molecule has 0 aliphatic carbocycles. The lowest BCUT2D eigenvalue weighted by Crippen LogP contribution is -2.89. The highest BCUT2D eigenvalue weighted by molar-refractivity contribution is 5.74. The Hall–Kier alpha value is -2.09. The van der Waals surface area contributed by atoms with Crippen molar-refractivity contribution in [2.75, 3.05) is 31.1 Å². The van der Waals surface area contributed by atoms with Crippen LogP contribution in [0.1, 0.15) is 13.8 Å². The number of nitrogens with two attached hydrogens (primary N) is 1. The summed E-state index contributed by atoms with van der Waals surface area (Å²) < 4.78 is 3.37. The summed E-state index contributed by atoms with van der Waals surface area (Å²) in [6.45, 7) is 8.74. The van der Waals surface area contributed by atoms with Gasteiger partial charge in [-0.2, -0.15) is 4.98 Å². The summed E-state index contributed by atoms with van der Waals surface area (Å²) in [7, 11) is 1.64. The third kappa shape index (κ3) is 2.43. The molecule has 0 bridgehead atoms. The molecule has 0 saturated carbocycles. The molecule has 3 heterocycles. The molecule has 8 heteroatoms. The molecule has 8 nitrogen and oxygen atoms in total. The number of hydrogen-bond donors (Lipinski definition) is 2. The Labute approximate surface area is 127 Å². The molecule has 2 aromatic rings. The Balaban J connectivity index is 2.26. The first-order valence-electron chi connectivity index (χ1n) is 7.75. The second kappa shape index (κ2) is 5.60. The average Bonchev–Trinajstić information content (AvgIpc) is 2.85. The number of nitrogens with zero attached hydrogens (tertiary/aromatic N) is 4. The number of piperazine rings is 1. The molecular formula is C14H23N6O2+. The van der Waals surface area contributed by atoms with Crippen molar-refractivity contribution in [3.63, 3.8) is 0 Å². The van der Waals surface area contributed by atoms with Crippen LogP contribution in [-0.2, 0) is 13.6 Å². The van der Waals surface area contributed by atoms with Crippen molar-refractivity contribution in [1.29, 1.82) is 0 Å². The summed E-state index contributed by atoms with van der Waals surface area (Å²) in [4.78, 5) is 33.3. The highest BCUT2D eigenvalue weighted by atomic mass is 16.2. The SMILES string of the molecule is CC(C)Cn1c(N2CC[NH2+]CC2)nc2c1c(=O)[nH]c(=O)n2C. The second-order valence-electron chi connectivity index (χ2n) is 6.26. The van der Waals surface area contributed by atoms with E-state index in [1.807, 2.05) is 4.57 Å². The Morgan fingerprint density at radius 3 is 2.59 bits per heavy atom. The van der Waals surface area contributed by atoms with Crippen molar-refractivity contribution in [1.82, 2.24) is 19.1 Å². The summed E-state index contributed by atoms with van der Waals surface area (Å²) >= 11 is 0. The van der Waals surface area contributed by atoms with E-state index in [1.165, 1.54) is 4.57 Å². The van der Waals surface area contributed by atoms with Crippen LogP contribution in [0.25, 0.3) is 11.2 Å². The van der Waals surface area contributed by atoms with Crippen molar-refractivity contribution in [2.45, 2.75) is 20.4 Å². The number of aromatic amines is 1. The van der Waals surface area contributed by atoms with E-state index in [1.54, 1.807) is 7.05 Å². The molecule has 1 aliphatic heterocycles. The van der Waals surface area contributed by atoms with Gasteiger partial charge >= 0.3 is 5.69 Å². The number of rotatable bonds is 3. The molecule has 0 aromatic carbocycles. The molecule has 120 valence electrons. The lowest BCUT2D eigenvalue weighted by Gasteiger charge is -2.27. The van der Waals surface area contributed by atoms with Gasteiger partial charge in [-0.05, 0) is 5.92 Å². The molecule has 22 heavy (non-hydrogen) atoms. The van der Waals surface area contributed by atoms with E-state index < -0.39 is 5.69 Å². The van der Waals surface area contributed by atoms with Crippen molar-refractivity contribution < 1.29 is 5.32 Å². The van der Waals surface area contributed by atoms with Crippen LogP contribution in [0.2, 0.25) is 0 Å². The molecule has 1 aliphatic rings. The Morgan fingerprint density at radius 2 is 1.95 bits per heavy atom. The van der Waals surface area contributed by atoms with E-state index in [4.69, 9.17) is 0 Å². The average molecular weight is 307 g/mol. The van der Waals surface area contributed by atoms with Gasteiger partial charge in [-0.15, -0.1) is 0 Å². The van der Waals surface area contributed by atoms with Gasteiger partial charge in [0.25, 0.3) is 5.56 Å². The number of H-pyrrole nitrogens is 1. The van der Waals surface area contributed by atoms with Crippen molar-refractivity contribution in [3.8, 4) is 0 Å². The summed E-state index contributed by atoms with van der Waals surface area (Å²) in [6.07, 6.45) is 0. The van der Waals surface area contributed by atoms with Crippen LogP contribution < -0.4 is 21.5 Å². The van der Waals surface area contributed by atoms with E-state index in [-0.39, 0.29) is 5.56 Å². The maximum atomic E-state index is 12.3. The topological polar surface area (TPSA) is 92.5 Å². The molecule has 1 fully saturated rings. The summed E-state index contributed by atoms with van der Waals surface area (Å²) in [5.74, 6) is 1.17. The lowest BCUT2D eigenvalue weighted by molar-refractivity contribution is -0.655. The van der Waals surface area contributed by atoms with E-state index in [0.717, 1.165) is 32.1 Å². The molecule has 3 rings (SSSR count). The summed E-state index contributed by atoms with van der Waals surface area (Å²) in [5.41, 5.74) is 0.158. The smallest absolute Gasteiger partial charge is 0.329 e. The molecule has 3 N–H and O–H groups in total. The van der Waals surface area contributed by atoms with Crippen molar-refractivity contribution in [3.05, 3.63) is 20.8 Å². The van der Waals surface area contributed by atoms with Crippen molar-refractivity contribution >= 4 is 17.1 Å². The van der Waals surface area contributed by atoms with Crippen LogP contribution in [0, 0.1) is 5.92 Å². The number of fused-ring (bicyclic) bond motifs is 1. The molecule has 0 atom stereocenters. The molecule has 0 spiro atoms. The maximum absolute atomic E-state index is 12.3. The fourth-order valence-corrected chi connectivity index (χ4v) is 2.95. The number of nitrogens with one attached hydrogen (secondary N) is 1. The zero-order valence-corrected chi connectivity index (χ0v) is 13.3. The number of quaternary nitrogens is 1. The first-order chi connectivity index (χ1) is 10.5. The van der Waals surface area contributed by atoms with E-state index >= 15 is 0 Å². The largest absolute Gasteiger partial charge is 0.343 e. The van der Waals surface area contributed by atoms with Gasteiger partial charge in [0.1, 0.15) is 0 Å². The summed E-state index contributed by atoms with van der Waals surface area (Å²) in [6, 6.07) is 0. The normalized spacial score (nSPS) is 15.9. The van der Waals surface area contributed by atoms with Crippen LogP contribution >= 0.6 is 0 Å². The van der Waals surface area contributed by atoms with Gasteiger partial charge < -0.3 is 14.8 Å². The van der Waals surface area contributed by atoms with Crippen LogP contribution in [-0.4, -0.2) is 45.3 Å². The number of hydrogen-bond acceptors (Lipinski definition) is 4. The zero-order valence-electron chi connectivity index (χ0n) is 13.3. The van der Waals surface area contributed by atoms with E-state index in [2.05, 4.69) is 34.0 Å². The highest BCUT2D eigenvalue weighted by Gasteiger charge is 2.23. The first kappa shape index (κ1) is 14.8. The Morgan fingerprint density at radius 1 is 1.27 bits per heavy atom. The standard InChI is InChI=1S/C14H22N6O2/c1-9(2)8-20-10-11(18(3)14(22)17-12(10)21)16-13(20)19-6-4-15-5-7-19/h9,15H,4-8H2,1-3H3,(H,17,21,22)/p+1. The number of aromatic nitrogens is 4. The third-order valence-electron chi connectivity index (χ3n) is 4.02. The van der Waals surface area contributed by atoms with Crippen LogP contribution in [0.4, 0.5) is 5.95 Å². The van der Waals surface area contributed by atoms with Gasteiger partial charge in [0.05, 0.1) is 26.2 Å². The van der Waals surface area contributed by atoms with Gasteiger partial charge in [-0.3, -0.25) is 14.3 Å². The number of anilines is 1. The summed E-state index contributed by atoms with van der Waals surface area (Å²) in [5, 5.41) is 2.27. The van der Waals surface area contributed by atoms with Gasteiger partial charge in [0.15, 0.2) is 11.2 Å². The lowest BCUT2D eigenvalue weighted by atomic mass is 10.2. The molecule has 0 unspecified atom stereocenters. The van der Waals surface area contributed by atoms with Crippen LogP contribution in [0.15, 0.2) is 9.59 Å². The molecule has 1 saturated heterocycles. The van der Waals surface area contributed by atoms with Gasteiger partial charge in [0, 0.05) is 13.6 Å². The Kier molecular flexibility index (Phi) is 3.78. The minimum absolute atomic E-state index is 0.360. The predicted octanol–water partition coefficient (Wildman–Crippen LogP) is -1.54. The minimum Gasteiger partial charge on any atom is -0.343 e. The fourth-order valence-electron chi connectivity index (χ4n) is 2.95. The van der Waals surface area contributed by atoms with Gasteiger partial charge in [-0.1, -0.05) is 13.8 Å². The van der Waals surface area contributed by atoms with Gasteiger partial charge in [0.2, 0.25) is 5.95 Å². The molecular weight excluding hydrogens is 284 g/mol. The van der Waals surface area contributed by atoms with Crippen LogP contribution in [0.3, 0.4) is 0 Å². The fraction of sp³-hybridized carbons (Fsp3) is 0.643. The number of aryl methyl sites for hydroxylation is 1. The Bertz CT molecular complexity index is 794.